The molecule has 3 rings (SSSR count). The summed E-state index contributed by atoms with van der Waals surface area (Å²) in [5.41, 5.74) is 4.87. The number of aromatic nitrogens is 1. The van der Waals surface area contributed by atoms with Crippen LogP contribution in [0.3, 0.4) is 0 Å². The Labute approximate surface area is 154 Å². The zero-order valence-electron chi connectivity index (χ0n) is 15.7. The molecule has 0 unspecified atom stereocenters. The number of fused-ring (bicyclic) bond motifs is 1. The number of carbonyl (C=O) groups is 1. The first kappa shape index (κ1) is 17.9. The van der Waals surface area contributed by atoms with Gasteiger partial charge in [0, 0.05) is 11.5 Å². The number of nitrogens with zero attached hydrogens (tertiary/aromatic N) is 1. The summed E-state index contributed by atoms with van der Waals surface area (Å²) < 4.78 is 0. The van der Waals surface area contributed by atoms with Crippen LogP contribution in [0.1, 0.15) is 37.6 Å². The van der Waals surface area contributed by atoms with Crippen LogP contribution in [0.25, 0.3) is 17.0 Å². The van der Waals surface area contributed by atoms with Crippen LogP contribution in [-0.4, -0.2) is 10.9 Å². The molecule has 0 fully saturated rings. The van der Waals surface area contributed by atoms with Gasteiger partial charge in [-0.25, -0.2) is 0 Å². The second-order valence-corrected chi connectivity index (χ2v) is 7.51. The second-order valence-electron chi connectivity index (χ2n) is 7.51. The van der Waals surface area contributed by atoms with Crippen LogP contribution in [0.4, 0.5) is 5.69 Å². The van der Waals surface area contributed by atoms with E-state index in [1.165, 1.54) is 5.56 Å². The van der Waals surface area contributed by atoms with Gasteiger partial charge in [0.25, 0.3) is 0 Å². The van der Waals surface area contributed by atoms with Crippen molar-refractivity contribution in [2.24, 2.45) is 0 Å². The van der Waals surface area contributed by atoms with Gasteiger partial charge in [-0.05, 0) is 41.7 Å². The Balaban J connectivity index is 1.72. The fraction of sp³-hybridized carbons (Fsp3) is 0.217. The molecule has 0 radical (unpaired) electrons. The van der Waals surface area contributed by atoms with Crippen LogP contribution >= 0.6 is 0 Å². The maximum Gasteiger partial charge on any atom is 0.248 e. The number of anilines is 1. The molecule has 1 heterocycles. The monoisotopic (exact) mass is 344 g/mol. The van der Waals surface area contributed by atoms with Crippen molar-refractivity contribution >= 4 is 28.6 Å². The molecule has 0 aliphatic heterocycles. The summed E-state index contributed by atoms with van der Waals surface area (Å²) in [5, 5.41) is 3.93. The lowest BCUT2D eigenvalue weighted by Gasteiger charge is -2.18. The highest BCUT2D eigenvalue weighted by atomic mass is 16.1. The third-order valence-corrected chi connectivity index (χ3v) is 4.38. The molecule has 1 N–H and O–H groups in total. The minimum atomic E-state index is -0.162. The number of rotatable bonds is 3. The van der Waals surface area contributed by atoms with Crippen molar-refractivity contribution in [2.75, 3.05) is 5.32 Å². The molecule has 0 saturated heterocycles. The maximum absolute atomic E-state index is 12.3. The largest absolute Gasteiger partial charge is 0.321 e. The van der Waals surface area contributed by atoms with Crippen LogP contribution in [0.5, 0.6) is 0 Å². The first-order valence-corrected chi connectivity index (χ1v) is 8.79. The highest BCUT2D eigenvalue weighted by molar-refractivity contribution is 6.03. The minimum Gasteiger partial charge on any atom is -0.321 e. The molecule has 0 bridgehead atoms. The lowest BCUT2D eigenvalue weighted by molar-refractivity contribution is -0.111. The smallest absolute Gasteiger partial charge is 0.248 e. The molecule has 26 heavy (non-hydrogen) atoms. The van der Waals surface area contributed by atoms with E-state index in [2.05, 4.69) is 43.2 Å². The predicted molar refractivity (Wildman–Crippen MR) is 109 cm³/mol. The Morgan fingerprint density at radius 3 is 2.42 bits per heavy atom. The van der Waals surface area contributed by atoms with Gasteiger partial charge < -0.3 is 5.32 Å². The van der Waals surface area contributed by atoms with Crippen molar-refractivity contribution in [1.29, 1.82) is 0 Å². The van der Waals surface area contributed by atoms with E-state index >= 15 is 0 Å². The second kappa shape index (κ2) is 7.12. The van der Waals surface area contributed by atoms with Crippen molar-refractivity contribution in [2.45, 2.75) is 33.1 Å². The Bertz CT molecular complexity index is 964. The Morgan fingerprint density at radius 1 is 1.04 bits per heavy atom. The molecule has 132 valence electrons. The molecule has 0 saturated carbocycles. The van der Waals surface area contributed by atoms with E-state index in [4.69, 9.17) is 0 Å². The summed E-state index contributed by atoms with van der Waals surface area (Å²) in [6, 6.07) is 18.1. The van der Waals surface area contributed by atoms with Gasteiger partial charge in [-0.15, -0.1) is 0 Å². The number of carbonyl (C=O) groups excluding carboxylic acids is 1. The maximum atomic E-state index is 12.3. The summed E-state index contributed by atoms with van der Waals surface area (Å²) in [6.45, 7) is 8.46. The van der Waals surface area contributed by atoms with Gasteiger partial charge in [0.15, 0.2) is 0 Å². The van der Waals surface area contributed by atoms with Gasteiger partial charge in [-0.1, -0.05) is 63.2 Å². The Kier molecular flexibility index (Phi) is 4.90. The fourth-order valence-electron chi connectivity index (χ4n) is 2.78. The van der Waals surface area contributed by atoms with E-state index in [1.54, 1.807) is 6.08 Å². The van der Waals surface area contributed by atoms with Crippen LogP contribution in [-0.2, 0) is 10.2 Å². The van der Waals surface area contributed by atoms with E-state index in [0.29, 0.717) is 0 Å². The van der Waals surface area contributed by atoms with E-state index in [9.17, 15) is 4.79 Å². The number of hydrogen-bond acceptors (Lipinski definition) is 2. The van der Waals surface area contributed by atoms with Gasteiger partial charge in [0.1, 0.15) is 0 Å². The summed E-state index contributed by atoms with van der Waals surface area (Å²) in [5.74, 6) is -0.162. The number of benzene rings is 2. The lowest BCUT2D eigenvalue weighted by atomic mass is 9.87. The van der Waals surface area contributed by atoms with Crippen LogP contribution in [0, 0.1) is 6.92 Å². The molecule has 0 aliphatic carbocycles. The van der Waals surface area contributed by atoms with Crippen molar-refractivity contribution in [3.05, 3.63) is 77.5 Å². The van der Waals surface area contributed by atoms with Gasteiger partial charge in [-0.2, -0.15) is 0 Å². The quantitative estimate of drug-likeness (QED) is 0.638. The number of para-hydroxylation sites is 1. The van der Waals surface area contributed by atoms with Gasteiger partial charge in [0.2, 0.25) is 5.91 Å². The Morgan fingerprint density at radius 2 is 1.73 bits per heavy atom. The molecule has 1 aromatic heterocycles. The summed E-state index contributed by atoms with van der Waals surface area (Å²) in [6.07, 6.45) is 3.38. The van der Waals surface area contributed by atoms with Gasteiger partial charge >= 0.3 is 0 Å². The third-order valence-electron chi connectivity index (χ3n) is 4.38. The molecule has 3 nitrogen and oxygen atoms in total. The van der Waals surface area contributed by atoms with Gasteiger partial charge in [0.05, 0.1) is 16.9 Å². The molecule has 0 atom stereocenters. The number of pyridine rings is 1. The molecule has 1 amide bonds. The van der Waals surface area contributed by atoms with Crippen molar-refractivity contribution in [3.8, 4) is 0 Å². The van der Waals surface area contributed by atoms with E-state index in [0.717, 1.165) is 27.8 Å². The molecular weight excluding hydrogens is 320 g/mol. The molecular formula is C23H24N2O. The summed E-state index contributed by atoms with van der Waals surface area (Å²) in [4.78, 5) is 16.8. The van der Waals surface area contributed by atoms with Crippen LogP contribution in [0.2, 0.25) is 0 Å². The van der Waals surface area contributed by atoms with Crippen molar-refractivity contribution < 1.29 is 4.79 Å². The van der Waals surface area contributed by atoms with Gasteiger partial charge in [-0.3, -0.25) is 9.78 Å². The zero-order valence-corrected chi connectivity index (χ0v) is 15.7. The standard InChI is InChI=1S/C23H24N2O/c1-16-21(15-18-7-5-6-8-20(18)24-16)25-22(26)14-11-17-9-12-19(13-10-17)23(2,3)4/h5-15H,1-4H3,(H,25,26)/b14-11+. The normalized spacial score (nSPS) is 11.8. The number of hydrogen-bond donors (Lipinski definition) is 1. The number of amides is 1. The average molecular weight is 344 g/mol. The molecule has 0 spiro atoms. The van der Waals surface area contributed by atoms with E-state index in [1.807, 2.05) is 55.5 Å². The first-order valence-electron chi connectivity index (χ1n) is 8.79. The average Bonchev–Trinajstić information content (AvgIpc) is 2.60. The highest BCUT2D eigenvalue weighted by Gasteiger charge is 2.12. The van der Waals surface area contributed by atoms with Crippen molar-refractivity contribution in [3.63, 3.8) is 0 Å². The predicted octanol–water partition coefficient (Wildman–Crippen LogP) is 5.49. The summed E-state index contributed by atoms with van der Waals surface area (Å²) in [7, 11) is 0. The fourth-order valence-corrected chi connectivity index (χ4v) is 2.78. The van der Waals surface area contributed by atoms with E-state index < -0.39 is 0 Å². The van der Waals surface area contributed by atoms with Crippen molar-refractivity contribution in [1.82, 2.24) is 4.98 Å². The van der Waals surface area contributed by atoms with Crippen LogP contribution < -0.4 is 5.32 Å². The number of aryl methyl sites for hydroxylation is 1. The number of nitrogens with one attached hydrogen (secondary N) is 1. The molecule has 3 heteroatoms. The minimum absolute atomic E-state index is 0.125. The first-order chi connectivity index (χ1) is 12.3. The lowest BCUT2D eigenvalue weighted by Crippen LogP contribution is -2.10. The molecule has 2 aromatic carbocycles. The molecule has 3 aromatic rings. The SMILES string of the molecule is Cc1nc2ccccc2cc1NC(=O)/C=C/c1ccc(C(C)(C)C)cc1. The molecule has 0 aliphatic rings. The Hall–Kier alpha value is -2.94. The van der Waals surface area contributed by atoms with E-state index in [-0.39, 0.29) is 11.3 Å². The summed E-state index contributed by atoms with van der Waals surface area (Å²) >= 11 is 0. The topological polar surface area (TPSA) is 42.0 Å². The van der Waals surface area contributed by atoms with Crippen LogP contribution in [0.15, 0.2) is 60.7 Å². The zero-order chi connectivity index (χ0) is 18.7. The highest BCUT2D eigenvalue weighted by Crippen LogP contribution is 2.23. The third kappa shape index (κ3) is 4.17.